The van der Waals surface area contributed by atoms with Gasteiger partial charge in [-0.15, -0.1) is 0 Å². The number of aryl methyl sites for hydroxylation is 1. The van der Waals surface area contributed by atoms with E-state index < -0.39 is 5.97 Å². The van der Waals surface area contributed by atoms with Crippen molar-refractivity contribution in [3.05, 3.63) is 41.1 Å². The fourth-order valence-electron chi connectivity index (χ4n) is 6.04. The largest absolute Gasteiger partial charge is 0.478 e. The number of aliphatic carboxylic acids is 1. The van der Waals surface area contributed by atoms with Crippen molar-refractivity contribution in [2.75, 3.05) is 6.54 Å². The lowest BCUT2D eigenvalue weighted by Crippen LogP contribution is -2.41. The topological polar surface area (TPSA) is 96.0 Å². The molecule has 3 N–H and O–H groups in total. The SMILES string of the molecule is CCCCC1CCCN1C(=O)C1CCCC(c2cc(C)cc(N=C(/C(=C\N)C(=O)O)C3CC3)c2)C1. The summed E-state index contributed by atoms with van der Waals surface area (Å²) in [5.41, 5.74) is 9.44. The van der Waals surface area contributed by atoms with Crippen LogP contribution in [0.2, 0.25) is 0 Å². The van der Waals surface area contributed by atoms with Gasteiger partial charge in [-0.25, -0.2) is 4.79 Å². The molecular weight excluding hydrogens is 438 g/mol. The predicted octanol–water partition coefficient (Wildman–Crippen LogP) is 5.86. The number of unbranched alkanes of at least 4 members (excludes halogenated alkanes) is 1. The van der Waals surface area contributed by atoms with Gasteiger partial charge in [-0.3, -0.25) is 9.79 Å². The van der Waals surface area contributed by atoms with E-state index in [9.17, 15) is 14.7 Å². The summed E-state index contributed by atoms with van der Waals surface area (Å²) in [6, 6.07) is 6.76. The summed E-state index contributed by atoms with van der Waals surface area (Å²) in [5, 5.41) is 9.58. The molecule has 1 saturated heterocycles. The molecule has 2 aliphatic carbocycles. The molecule has 3 fully saturated rings. The Morgan fingerprint density at radius 2 is 1.91 bits per heavy atom. The van der Waals surface area contributed by atoms with Crippen LogP contribution in [0.4, 0.5) is 5.69 Å². The molecule has 2 saturated carbocycles. The third kappa shape index (κ3) is 6.14. The Hall–Kier alpha value is -2.63. The van der Waals surface area contributed by atoms with E-state index in [1.54, 1.807) is 0 Å². The quantitative estimate of drug-likeness (QED) is 0.342. The number of carboxylic acid groups (broad SMARTS) is 1. The molecule has 1 aliphatic heterocycles. The minimum Gasteiger partial charge on any atom is -0.478 e. The third-order valence-electron chi connectivity index (χ3n) is 8.02. The lowest BCUT2D eigenvalue weighted by atomic mass is 9.77. The van der Waals surface area contributed by atoms with E-state index >= 15 is 0 Å². The van der Waals surface area contributed by atoms with Crippen LogP contribution in [0.15, 0.2) is 35.0 Å². The molecule has 4 rings (SSSR count). The van der Waals surface area contributed by atoms with Gasteiger partial charge in [0.25, 0.3) is 0 Å². The minimum absolute atomic E-state index is 0.0992. The van der Waals surface area contributed by atoms with Crippen LogP contribution in [0.1, 0.15) is 94.6 Å². The Bertz CT molecular complexity index is 995. The minimum atomic E-state index is -1.03. The van der Waals surface area contributed by atoms with Crippen molar-refractivity contribution in [1.82, 2.24) is 4.90 Å². The summed E-state index contributed by atoms with van der Waals surface area (Å²) in [6.07, 6.45) is 12.9. The first-order valence-corrected chi connectivity index (χ1v) is 13.6. The molecule has 35 heavy (non-hydrogen) atoms. The average molecular weight is 480 g/mol. The van der Waals surface area contributed by atoms with Crippen LogP contribution < -0.4 is 5.73 Å². The first kappa shape index (κ1) is 25.5. The summed E-state index contributed by atoms with van der Waals surface area (Å²) in [5.74, 6) is -0.0586. The van der Waals surface area contributed by atoms with Crippen LogP contribution in [-0.2, 0) is 9.59 Å². The number of carbonyl (C=O) groups excluding carboxylic acids is 1. The first-order chi connectivity index (χ1) is 16.9. The number of benzene rings is 1. The molecule has 0 radical (unpaired) electrons. The third-order valence-corrected chi connectivity index (χ3v) is 8.02. The van der Waals surface area contributed by atoms with Crippen molar-refractivity contribution in [1.29, 1.82) is 0 Å². The first-order valence-electron chi connectivity index (χ1n) is 13.6. The van der Waals surface area contributed by atoms with E-state index in [0.717, 1.165) is 75.6 Å². The average Bonchev–Trinajstić information content (AvgIpc) is 3.59. The molecule has 1 amide bonds. The molecule has 1 heterocycles. The van der Waals surface area contributed by atoms with E-state index in [1.807, 2.05) is 6.07 Å². The van der Waals surface area contributed by atoms with Gasteiger partial charge >= 0.3 is 5.97 Å². The summed E-state index contributed by atoms with van der Waals surface area (Å²) in [7, 11) is 0. The Labute approximate surface area is 209 Å². The summed E-state index contributed by atoms with van der Waals surface area (Å²) in [6.45, 7) is 5.20. The number of aliphatic imine (C=N–C) groups is 1. The highest BCUT2D eigenvalue weighted by Crippen LogP contribution is 2.40. The highest BCUT2D eigenvalue weighted by atomic mass is 16.4. The van der Waals surface area contributed by atoms with Crippen molar-refractivity contribution < 1.29 is 14.7 Å². The number of likely N-dealkylation sites (tertiary alicyclic amines) is 1. The Morgan fingerprint density at radius 1 is 1.11 bits per heavy atom. The lowest BCUT2D eigenvalue weighted by Gasteiger charge is -2.34. The van der Waals surface area contributed by atoms with Crippen LogP contribution in [0.5, 0.6) is 0 Å². The number of nitrogens with two attached hydrogens (primary N) is 1. The monoisotopic (exact) mass is 479 g/mol. The summed E-state index contributed by atoms with van der Waals surface area (Å²) in [4.78, 5) is 32.2. The Morgan fingerprint density at radius 3 is 2.60 bits per heavy atom. The van der Waals surface area contributed by atoms with Gasteiger partial charge in [0.1, 0.15) is 0 Å². The normalized spacial score (nSPS) is 25.7. The summed E-state index contributed by atoms with van der Waals surface area (Å²) < 4.78 is 0. The van der Waals surface area contributed by atoms with E-state index in [4.69, 9.17) is 10.7 Å². The fraction of sp³-hybridized carbons (Fsp3) is 0.621. The molecule has 0 bridgehead atoms. The molecule has 1 aromatic rings. The van der Waals surface area contributed by atoms with Gasteiger partial charge in [-0.05, 0) is 87.5 Å². The van der Waals surface area contributed by atoms with Crippen molar-refractivity contribution in [3.63, 3.8) is 0 Å². The molecule has 190 valence electrons. The maximum Gasteiger partial charge on any atom is 0.339 e. The van der Waals surface area contributed by atoms with Crippen molar-refractivity contribution >= 4 is 23.3 Å². The second-order valence-electron chi connectivity index (χ2n) is 10.8. The number of carbonyl (C=O) groups is 2. The number of hydrogen-bond donors (Lipinski definition) is 2. The maximum atomic E-state index is 13.5. The second kappa shape index (κ2) is 11.4. The number of hydrogen-bond acceptors (Lipinski definition) is 4. The van der Waals surface area contributed by atoms with E-state index in [2.05, 4.69) is 30.9 Å². The van der Waals surface area contributed by atoms with Crippen LogP contribution >= 0.6 is 0 Å². The van der Waals surface area contributed by atoms with E-state index in [1.165, 1.54) is 24.6 Å². The van der Waals surface area contributed by atoms with Crippen LogP contribution in [-0.4, -0.2) is 40.2 Å². The predicted molar refractivity (Wildman–Crippen MR) is 140 cm³/mol. The number of rotatable bonds is 9. The summed E-state index contributed by atoms with van der Waals surface area (Å²) >= 11 is 0. The van der Waals surface area contributed by atoms with Gasteiger partial charge in [0.15, 0.2) is 0 Å². The maximum absolute atomic E-state index is 13.5. The highest BCUT2D eigenvalue weighted by molar-refractivity contribution is 6.21. The van der Waals surface area contributed by atoms with E-state index in [0.29, 0.717) is 23.6 Å². The molecule has 3 atom stereocenters. The molecule has 3 unspecified atom stereocenters. The zero-order chi connectivity index (χ0) is 24.9. The van der Waals surface area contributed by atoms with Crippen LogP contribution in [0.3, 0.4) is 0 Å². The number of carboxylic acids is 1. The molecule has 1 aromatic carbocycles. The van der Waals surface area contributed by atoms with Crippen molar-refractivity contribution in [2.45, 2.75) is 96.4 Å². The van der Waals surface area contributed by atoms with Crippen LogP contribution in [0, 0.1) is 18.8 Å². The molecule has 6 nitrogen and oxygen atoms in total. The fourth-order valence-corrected chi connectivity index (χ4v) is 6.04. The van der Waals surface area contributed by atoms with Gasteiger partial charge in [-0.2, -0.15) is 0 Å². The van der Waals surface area contributed by atoms with Gasteiger partial charge in [0, 0.05) is 30.6 Å². The number of nitrogens with zero attached hydrogens (tertiary/aromatic N) is 2. The highest BCUT2D eigenvalue weighted by Gasteiger charge is 2.36. The molecule has 0 spiro atoms. The zero-order valence-corrected chi connectivity index (χ0v) is 21.3. The van der Waals surface area contributed by atoms with Gasteiger partial charge in [0.05, 0.1) is 17.0 Å². The molecule has 3 aliphatic rings. The lowest BCUT2D eigenvalue weighted by molar-refractivity contribution is -0.137. The van der Waals surface area contributed by atoms with Gasteiger partial charge in [0.2, 0.25) is 5.91 Å². The second-order valence-corrected chi connectivity index (χ2v) is 10.8. The Kier molecular flexibility index (Phi) is 8.30. The standard InChI is InChI=1S/C29H41N3O3/c1-3-4-9-25-10-6-13-32(25)28(33)22-8-5-7-21(16-22)23-14-19(2)15-24(17-23)31-27(20-11-12-20)26(18-30)29(34)35/h14-15,17-18,20-22,25H,3-13,16,30H2,1-2H3,(H,34,35)/b26-18+,31-27?. The molecular formula is C29H41N3O3. The Balaban J connectivity index is 1.52. The zero-order valence-electron chi connectivity index (χ0n) is 21.3. The molecule has 6 heteroatoms. The smallest absolute Gasteiger partial charge is 0.339 e. The van der Waals surface area contributed by atoms with Crippen molar-refractivity contribution in [3.8, 4) is 0 Å². The van der Waals surface area contributed by atoms with Gasteiger partial charge < -0.3 is 15.7 Å². The number of amides is 1. The van der Waals surface area contributed by atoms with E-state index in [-0.39, 0.29) is 17.4 Å². The van der Waals surface area contributed by atoms with Gasteiger partial charge in [-0.1, -0.05) is 32.3 Å². The van der Waals surface area contributed by atoms with Crippen LogP contribution in [0.25, 0.3) is 0 Å². The van der Waals surface area contributed by atoms with Crippen molar-refractivity contribution in [2.24, 2.45) is 22.6 Å². The molecule has 0 aromatic heterocycles.